The zero-order valence-corrected chi connectivity index (χ0v) is 10.3. The Labute approximate surface area is 109 Å². The smallest absolute Gasteiger partial charge is 0.337 e. The average Bonchev–Trinajstić information content (AvgIpc) is 2.95. The summed E-state index contributed by atoms with van der Waals surface area (Å²) in [5.74, 6) is -0.223. The molecule has 0 amide bonds. The Kier molecular flexibility index (Phi) is 2.59. The molecule has 3 aromatic rings. The quantitative estimate of drug-likeness (QED) is 0.782. The highest BCUT2D eigenvalue weighted by atomic mass is 16.5. The van der Waals surface area contributed by atoms with E-state index in [1.165, 1.54) is 0 Å². The molecule has 0 unspecified atom stereocenters. The first-order chi connectivity index (χ1) is 9.15. The molecule has 1 aromatic carbocycles. The Morgan fingerprint density at radius 3 is 2.89 bits per heavy atom. The monoisotopic (exact) mass is 256 g/mol. The number of carboxylic acid groups (broad SMARTS) is 1. The minimum absolute atomic E-state index is 0.298. The molecule has 0 aliphatic carbocycles. The van der Waals surface area contributed by atoms with Gasteiger partial charge in [-0.1, -0.05) is 23.4 Å². The topological polar surface area (TPSA) is 68.3 Å². The predicted molar refractivity (Wildman–Crippen MR) is 69.2 cm³/mol. The summed E-state index contributed by atoms with van der Waals surface area (Å²) in [6.07, 6.45) is 1.63. The third kappa shape index (κ3) is 1.99. The van der Waals surface area contributed by atoms with Gasteiger partial charge in [0.15, 0.2) is 5.76 Å². The third-order valence-electron chi connectivity index (χ3n) is 3.02. The number of nitrogens with zero attached hydrogens (tertiary/aromatic N) is 2. The summed E-state index contributed by atoms with van der Waals surface area (Å²) in [6.45, 7) is 2.32. The molecule has 0 saturated carbocycles. The van der Waals surface area contributed by atoms with Crippen molar-refractivity contribution in [2.24, 2.45) is 0 Å². The van der Waals surface area contributed by atoms with Crippen molar-refractivity contribution in [1.29, 1.82) is 0 Å². The largest absolute Gasteiger partial charge is 0.478 e. The van der Waals surface area contributed by atoms with Crippen molar-refractivity contribution in [1.82, 2.24) is 9.72 Å². The van der Waals surface area contributed by atoms with Gasteiger partial charge in [0.25, 0.3) is 0 Å². The lowest BCUT2D eigenvalue weighted by molar-refractivity contribution is 0.0698. The molecule has 96 valence electrons. The van der Waals surface area contributed by atoms with E-state index in [0.717, 1.165) is 16.6 Å². The summed E-state index contributed by atoms with van der Waals surface area (Å²) in [5.41, 5.74) is 1.98. The van der Waals surface area contributed by atoms with E-state index >= 15 is 0 Å². The first kappa shape index (κ1) is 11.5. The van der Waals surface area contributed by atoms with Crippen molar-refractivity contribution in [3.63, 3.8) is 0 Å². The summed E-state index contributed by atoms with van der Waals surface area (Å²) in [6, 6.07) is 9.26. The van der Waals surface area contributed by atoms with Crippen molar-refractivity contribution >= 4 is 16.9 Å². The summed E-state index contributed by atoms with van der Waals surface area (Å²) in [5, 5.41) is 13.8. The molecule has 2 heterocycles. The highest BCUT2D eigenvalue weighted by Gasteiger charge is 2.14. The van der Waals surface area contributed by atoms with Gasteiger partial charge in [0.2, 0.25) is 0 Å². The Balaban J connectivity index is 2.11. The highest BCUT2D eigenvalue weighted by molar-refractivity contribution is 6.03. The van der Waals surface area contributed by atoms with Gasteiger partial charge in [-0.3, -0.25) is 0 Å². The lowest BCUT2D eigenvalue weighted by Gasteiger charge is -2.00. The normalized spacial score (nSPS) is 11.0. The van der Waals surface area contributed by atoms with Crippen molar-refractivity contribution < 1.29 is 14.4 Å². The van der Waals surface area contributed by atoms with Crippen LogP contribution >= 0.6 is 0 Å². The summed E-state index contributed by atoms with van der Waals surface area (Å²) >= 11 is 0. The second-order valence-electron chi connectivity index (χ2n) is 4.43. The second-order valence-corrected chi connectivity index (χ2v) is 4.43. The fourth-order valence-electron chi connectivity index (χ4n) is 2.21. The van der Waals surface area contributed by atoms with E-state index in [1.807, 2.05) is 35.8 Å². The van der Waals surface area contributed by atoms with E-state index in [0.29, 0.717) is 17.9 Å². The molecule has 5 nitrogen and oxygen atoms in total. The van der Waals surface area contributed by atoms with E-state index in [-0.39, 0.29) is 0 Å². The summed E-state index contributed by atoms with van der Waals surface area (Å²) in [4.78, 5) is 11.2. The number of aryl methyl sites for hydroxylation is 1. The van der Waals surface area contributed by atoms with Crippen LogP contribution in [0.15, 0.2) is 41.1 Å². The van der Waals surface area contributed by atoms with Gasteiger partial charge in [0, 0.05) is 23.2 Å². The molecule has 0 bridgehead atoms. The fourth-order valence-corrected chi connectivity index (χ4v) is 2.21. The number of hydrogen-bond donors (Lipinski definition) is 1. The zero-order chi connectivity index (χ0) is 13.4. The van der Waals surface area contributed by atoms with Crippen LogP contribution in [0.5, 0.6) is 0 Å². The fraction of sp³-hybridized carbons (Fsp3) is 0.143. The molecule has 0 radical (unpaired) electrons. The number of fused-ring (bicyclic) bond motifs is 1. The summed E-state index contributed by atoms with van der Waals surface area (Å²) < 4.78 is 7.03. The van der Waals surface area contributed by atoms with Gasteiger partial charge in [-0.15, -0.1) is 0 Å². The summed E-state index contributed by atoms with van der Waals surface area (Å²) in [7, 11) is 0. The van der Waals surface area contributed by atoms with Gasteiger partial charge in [-0.2, -0.15) is 0 Å². The minimum atomic E-state index is -0.927. The maximum Gasteiger partial charge on any atom is 0.337 e. The van der Waals surface area contributed by atoms with E-state index in [4.69, 9.17) is 4.52 Å². The van der Waals surface area contributed by atoms with Crippen LogP contribution in [0.1, 0.15) is 21.8 Å². The maximum absolute atomic E-state index is 11.2. The van der Waals surface area contributed by atoms with Crippen molar-refractivity contribution in [3.05, 3.63) is 53.5 Å². The van der Waals surface area contributed by atoms with Crippen molar-refractivity contribution in [2.75, 3.05) is 0 Å². The number of carbonyl (C=O) groups is 1. The number of carboxylic acids is 1. The van der Waals surface area contributed by atoms with Crippen LogP contribution in [0, 0.1) is 6.92 Å². The third-order valence-corrected chi connectivity index (χ3v) is 3.02. The van der Waals surface area contributed by atoms with E-state index in [9.17, 15) is 9.90 Å². The van der Waals surface area contributed by atoms with E-state index in [1.54, 1.807) is 12.3 Å². The Morgan fingerprint density at radius 2 is 2.21 bits per heavy atom. The lowest BCUT2D eigenvalue weighted by atomic mass is 10.2. The van der Waals surface area contributed by atoms with Gasteiger partial charge in [-0.25, -0.2) is 4.79 Å². The van der Waals surface area contributed by atoms with Crippen LogP contribution in [-0.2, 0) is 6.54 Å². The van der Waals surface area contributed by atoms with Gasteiger partial charge >= 0.3 is 5.97 Å². The van der Waals surface area contributed by atoms with E-state index < -0.39 is 5.97 Å². The number of benzene rings is 1. The molecule has 19 heavy (non-hydrogen) atoms. The van der Waals surface area contributed by atoms with Crippen LogP contribution in [0.2, 0.25) is 0 Å². The van der Waals surface area contributed by atoms with Gasteiger partial charge in [-0.05, 0) is 13.0 Å². The van der Waals surface area contributed by atoms with Crippen LogP contribution < -0.4 is 0 Å². The van der Waals surface area contributed by atoms with Gasteiger partial charge in [0.1, 0.15) is 0 Å². The van der Waals surface area contributed by atoms with Crippen LogP contribution in [0.4, 0.5) is 0 Å². The molecule has 1 N–H and O–H groups in total. The SMILES string of the molecule is Cc1cc(Cn2cc(C(=O)O)c3ccccc32)on1. The Bertz CT molecular complexity index is 755. The van der Waals surface area contributed by atoms with Gasteiger partial charge < -0.3 is 14.2 Å². The molecule has 0 aliphatic heterocycles. The van der Waals surface area contributed by atoms with E-state index in [2.05, 4.69) is 5.16 Å². The molecule has 0 spiro atoms. The minimum Gasteiger partial charge on any atom is -0.478 e. The van der Waals surface area contributed by atoms with Crippen LogP contribution in [0.25, 0.3) is 10.9 Å². The first-order valence-electron chi connectivity index (χ1n) is 5.88. The second kappa shape index (κ2) is 4.28. The molecule has 0 atom stereocenters. The molecule has 2 aromatic heterocycles. The number of aromatic carboxylic acids is 1. The average molecular weight is 256 g/mol. The molecule has 0 saturated heterocycles. The van der Waals surface area contributed by atoms with Crippen LogP contribution in [-0.4, -0.2) is 20.8 Å². The molecule has 3 rings (SSSR count). The molecular weight excluding hydrogens is 244 g/mol. The van der Waals surface area contributed by atoms with Crippen molar-refractivity contribution in [3.8, 4) is 0 Å². The van der Waals surface area contributed by atoms with Crippen molar-refractivity contribution in [2.45, 2.75) is 13.5 Å². The lowest BCUT2D eigenvalue weighted by Crippen LogP contribution is -1.97. The first-order valence-corrected chi connectivity index (χ1v) is 5.88. The number of hydrogen-bond acceptors (Lipinski definition) is 3. The molecular formula is C14H12N2O3. The number of rotatable bonds is 3. The predicted octanol–water partition coefficient (Wildman–Crippen LogP) is 2.68. The maximum atomic E-state index is 11.2. The number of aromatic nitrogens is 2. The van der Waals surface area contributed by atoms with Gasteiger partial charge in [0.05, 0.1) is 17.8 Å². The molecule has 0 fully saturated rings. The zero-order valence-electron chi connectivity index (χ0n) is 10.3. The molecule has 0 aliphatic rings. The van der Waals surface area contributed by atoms with Crippen LogP contribution in [0.3, 0.4) is 0 Å². The Morgan fingerprint density at radius 1 is 1.42 bits per heavy atom. The standard InChI is InChI=1S/C14H12N2O3/c1-9-6-10(19-15-9)7-16-8-12(14(17)18)11-4-2-3-5-13(11)16/h2-6,8H,7H2,1H3,(H,17,18). The molecule has 5 heteroatoms. The number of para-hydroxylation sites is 1. The Hall–Kier alpha value is -2.56. The highest BCUT2D eigenvalue weighted by Crippen LogP contribution is 2.22.